The highest BCUT2D eigenvalue weighted by molar-refractivity contribution is 7.91. The lowest BCUT2D eigenvalue weighted by Gasteiger charge is -2.18. The lowest BCUT2D eigenvalue weighted by atomic mass is 10.1. The lowest BCUT2D eigenvalue weighted by Crippen LogP contribution is -2.32. The fourth-order valence-electron chi connectivity index (χ4n) is 2.23. The molecule has 1 unspecified atom stereocenters. The van der Waals surface area contributed by atoms with E-state index in [4.69, 9.17) is 0 Å². The van der Waals surface area contributed by atoms with E-state index in [1.807, 2.05) is 0 Å². The quantitative estimate of drug-likeness (QED) is 0.894. The van der Waals surface area contributed by atoms with Crippen LogP contribution in [0.4, 0.5) is 0 Å². The Morgan fingerprint density at radius 1 is 1.29 bits per heavy atom. The molecule has 0 aromatic heterocycles. The van der Waals surface area contributed by atoms with Crippen molar-refractivity contribution >= 4 is 9.84 Å². The molecule has 0 amide bonds. The molecule has 94 valence electrons. The Balaban J connectivity index is 1.98. The number of hydrogen-bond acceptors (Lipinski definition) is 3. The van der Waals surface area contributed by atoms with Gasteiger partial charge in [0.1, 0.15) is 0 Å². The van der Waals surface area contributed by atoms with Crippen molar-refractivity contribution in [2.75, 3.05) is 11.5 Å². The average Bonchev–Trinajstić information content (AvgIpc) is 2.59. The van der Waals surface area contributed by atoms with Gasteiger partial charge in [-0.2, -0.15) is 0 Å². The Hall–Kier alpha value is -0.870. The van der Waals surface area contributed by atoms with Crippen LogP contribution < -0.4 is 5.32 Å². The highest BCUT2D eigenvalue weighted by Crippen LogP contribution is 2.18. The van der Waals surface area contributed by atoms with E-state index >= 15 is 0 Å². The SMILES string of the molecule is Cc1ccc([C@H](C)NC2CCS(=O)(=O)C2)cc1. The Labute approximate surface area is 103 Å². The summed E-state index contributed by atoms with van der Waals surface area (Å²) in [6, 6.07) is 8.66. The zero-order valence-electron chi connectivity index (χ0n) is 10.3. The van der Waals surface area contributed by atoms with Gasteiger partial charge in [0.05, 0.1) is 11.5 Å². The molecule has 1 aromatic rings. The average molecular weight is 253 g/mol. The van der Waals surface area contributed by atoms with E-state index in [1.165, 1.54) is 11.1 Å². The number of nitrogens with one attached hydrogen (secondary N) is 1. The predicted molar refractivity (Wildman–Crippen MR) is 69.8 cm³/mol. The molecule has 1 saturated heterocycles. The summed E-state index contributed by atoms with van der Waals surface area (Å²) < 4.78 is 22.7. The van der Waals surface area contributed by atoms with E-state index in [1.54, 1.807) is 0 Å². The second kappa shape index (κ2) is 4.78. The third-order valence-corrected chi connectivity index (χ3v) is 5.06. The van der Waals surface area contributed by atoms with Gasteiger partial charge in [0.2, 0.25) is 0 Å². The van der Waals surface area contributed by atoms with E-state index in [0.717, 1.165) is 6.42 Å². The van der Waals surface area contributed by atoms with E-state index < -0.39 is 9.84 Å². The molecular formula is C13H19NO2S. The molecule has 0 radical (unpaired) electrons. The van der Waals surface area contributed by atoms with Crippen LogP contribution >= 0.6 is 0 Å². The van der Waals surface area contributed by atoms with Crippen molar-refractivity contribution in [1.29, 1.82) is 0 Å². The van der Waals surface area contributed by atoms with Crippen LogP contribution in [0, 0.1) is 6.92 Å². The molecule has 0 spiro atoms. The van der Waals surface area contributed by atoms with Crippen LogP contribution in [0.25, 0.3) is 0 Å². The number of sulfone groups is 1. The van der Waals surface area contributed by atoms with Crippen LogP contribution in [-0.4, -0.2) is 26.0 Å². The van der Waals surface area contributed by atoms with Crippen LogP contribution in [-0.2, 0) is 9.84 Å². The van der Waals surface area contributed by atoms with Crippen molar-refractivity contribution < 1.29 is 8.42 Å². The Kier molecular flexibility index (Phi) is 3.54. The number of benzene rings is 1. The second-order valence-electron chi connectivity index (χ2n) is 4.90. The fraction of sp³-hybridized carbons (Fsp3) is 0.538. The first kappa shape index (κ1) is 12.6. The second-order valence-corrected chi connectivity index (χ2v) is 7.13. The topological polar surface area (TPSA) is 46.2 Å². The first-order chi connectivity index (χ1) is 7.96. The van der Waals surface area contributed by atoms with E-state index in [-0.39, 0.29) is 17.8 Å². The molecule has 1 aliphatic rings. The Bertz CT molecular complexity index is 479. The number of rotatable bonds is 3. The zero-order valence-corrected chi connectivity index (χ0v) is 11.1. The van der Waals surface area contributed by atoms with Gasteiger partial charge in [0.25, 0.3) is 0 Å². The third-order valence-electron chi connectivity index (χ3n) is 3.30. The molecule has 4 heteroatoms. The summed E-state index contributed by atoms with van der Waals surface area (Å²) in [4.78, 5) is 0. The standard InChI is InChI=1S/C13H19NO2S/c1-10-3-5-12(6-4-10)11(2)14-13-7-8-17(15,16)9-13/h3-6,11,13-14H,7-9H2,1-2H3/t11-,13?/m0/s1. The molecule has 2 rings (SSSR count). The van der Waals surface area contributed by atoms with Gasteiger partial charge in [-0.25, -0.2) is 8.42 Å². The molecule has 1 fully saturated rings. The van der Waals surface area contributed by atoms with Crippen LogP contribution in [0.2, 0.25) is 0 Å². The molecule has 3 nitrogen and oxygen atoms in total. The molecule has 17 heavy (non-hydrogen) atoms. The lowest BCUT2D eigenvalue weighted by molar-refractivity contribution is 0.485. The van der Waals surface area contributed by atoms with Crippen molar-refractivity contribution in [3.05, 3.63) is 35.4 Å². The van der Waals surface area contributed by atoms with Gasteiger partial charge in [0.15, 0.2) is 9.84 Å². The monoisotopic (exact) mass is 253 g/mol. The normalized spacial score (nSPS) is 24.7. The van der Waals surface area contributed by atoms with Gasteiger partial charge in [-0.05, 0) is 25.8 Å². The van der Waals surface area contributed by atoms with Crippen molar-refractivity contribution in [3.8, 4) is 0 Å². The Morgan fingerprint density at radius 3 is 2.47 bits per heavy atom. The molecular weight excluding hydrogens is 234 g/mol. The molecule has 1 aliphatic heterocycles. The minimum Gasteiger partial charge on any atom is -0.306 e. The maximum absolute atomic E-state index is 11.4. The Morgan fingerprint density at radius 2 is 1.94 bits per heavy atom. The molecule has 0 aliphatic carbocycles. The minimum atomic E-state index is -2.79. The summed E-state index contributed by atoms with van der Waals surface area (Å²) in [6.07, 6.45) is 0.735. The molecule has 1 N–H and O–H groups in total. The summed E-state index contributed by atoms with van der Waals surface area (Å²) >= 11 is 0. The molecule has 1 aromatic carbocycles. The van der Waals surface area contributed by atoms with Crippen molar-refractivity contribution in [1.82, 2.24) is 5.32 Å². The zero-order chi connectivity index (χ0) is 12.5. The molecule has 2 atom stereocenters. The predicted octanol–water partition coefficient (Wildman–Crippen LogP) is 1.83. The summed E-state index contributed by atoms with van der Waals surface area (Å²) in [6.45, 7) is 4.14. The fourth-order valence-corrected chi connectivity index (χ4v) is 3.92. The first-order valence-electron chi connectivity index (χ1n) is 5.99. The van der Waals surface area contributed by atoms with Crippen molar-refractivity contribution in [3.63, 3.8) is 0 Å². The first-order valence-corrected chi connectivity index (χ1v) is 7.81. The van der Waals surface area contributed by atoms with Gasteiger partial charge in [-0.15, -0.1) is 0 Å². The maximum atomic E-state index is 11.4. The largest absolute Gasteiger partial charge is 0.306 e. The van der Waals surface area contributed by atoms with Gasteiger partial charge in [0, 0.05) is 12.1 Å². The van der Waals surface area contributed by atoms with Gasteiger partial charge < -0.3 is 5.32 Å². The van der Waals surface area contributed by atoms with Gasteiger partial charge in [-0.1, -0.05) is 29.8 Å². The van der Waals surface area contributed by atoms with E-state index in [9.17, 15) is 8.42 Å². The minimum absolute atomic E-state index is 0.108. The maximum Gasteiger partial charge on any atom is 0.151 e. The molecule has 1 heterocycles. The summed E-state index contributed by atoms with van der Waals surface area (Å²) in [7, 11) is -2.79. The molecule has 0 bridgehead atoms. The van der Waals surface area contributed by atoms with Crippen molar-refractivity contribution in [2.24, 2.45) is 0 Å². The van der Waals surface area contributed by atoms with Crippen LogP contribution in [0.5, 0.6) is 0 Å². The third kappa shape index (κ3) is 3.30. The van der Waals surface area contributed by atoms with Crippen molar-refractivity contribution in [2.45, 2.75) is 32.4 Å². The highest BCUT2D eigenvalue weighted by atomic mass is 32.2. The number of hydrogen-bond donors (Lipinski definition) is 1. The van der Waals surface area contributed by atoms with Gasteiger partial charge in [-0.3, -0.25) is 0 Å². The highest BCUT2D eigenvalue weighted by Gasteiger charge is 2.28. The van der Waals surface area contributed by atoms with Crippen LogP contribution in [0.15, 0.2) is 24.3 Å². The summed E-state index contributed by atoms with van der Waals surface area (Å²) in [5, 5.41) is 3.39. The summed E-state index contributed by atoms with van der Waals surface area (Å²) in [5.41, 5.74) is 2.45. The summed E-state index contributed by atoms with van der Waals surface area (Å²) in [5.74, 6) is 0.606. The van der Waals surface area contributed by atoms with Gasteiger partial charge >= 0.3 is 0 Å². The number of aryl methyl sites for hydroxylation is 1. The van der Waals surface area contributed by atoms with E-state index in [0.29, 0.717) is 5.75 Å². The van der Waals surface area contributed by atoms with E-state index in [2.05, 4.69) is 43.4 Å². The van der Waals surface area contributed by atoms with Crippen LogP contribution in [0.3, 0.4) is 0 Å². The molecule has 0 saturated carbocycles. The smallest absolute Gasteiger partial charge is 0.151 e. The van der Waals surface area contributed by atoms with Crippen LogP contribution in [0.1, 0.15) is 30.5 Å².